The van der Waals surface area contributed by atoms with E-state index in [0.717, 1.165) is 15.7 Å². The van der Waals surface area contributed by atoms with E-state index in [4.69, 9.17) is 0 Å². The Morgan fingerprint density at radius 2 is 1.93 bits per heavy atom. The van der Waals surface area contributed by atoms with Gasteiger partial charge in [0.2, 0.25) is 0 Å². The van der Waals surface area contributed by atoms with Crippen LogP contribution < -0.4 is 0 Å². The Balaban J connectivity index is 1.39. The van der Waals surface area contributed by atoms with Crippen LogP contribution in [0.1, 0.15) is 16.1 Å². The molecule has 3 aromatic heterocycles. The smallest absolute Gasteiger partial charge is 0.274 e. The van der Waals surface area contributed by atoms with Crippen LogP contribution in [0.15, 0.2) is 71.9 Å². The van der Waals surface area contributed by atoms with Crippen molar-refractivity contribution in [1.29, 1.82) is 0 Å². The zero-order chi connectivity index (χ0) is 19.5. The first-order valence-electron chi connectivity index (χ1n) is 8.64. The molecule has 1 aromatic carbocycles. The largest absolute Gasteiger partial charge is 0.336 e. The van der Waals surface area contributed by atoms with Gasteiger partial charge in [-0.05, 0) is 45.8 Å². The van der Waals surface area contributed by atoms with E-state index in [9.17, 15) is 4.79 Å². The lowest BCUT2D eigenvalue weighted by Gasteiger charge is -2.16. The summed E-state index contributed by atoms with van der Waals surface area (Å²) in [5.41, 5.74) is 2.42. The van der Waals surface area contributed by atoms with Gasteiger partial charge in [0.25, 0.3) is 5.91 Å². The molecule has 0 aliphatic carbocycles. The van der Waals surface area contributed by atoms with Crippen molar-refractivity contribution in [3.63, 3.8) is 0 Å². The summed E-state index contributed by atoms with van der Waals surface area (Å²) in [6.45, 7) is 0.939. The van der Waals surface area contributed by atoms with Crippen molar-refractivity contribution in [1.82, 2.24) is 34.2 Å². The third-order valence-electron chi connectivity index (χ3n) is 4.22. The van der Waals surface area contributed by atoms with E-state index in [2.05, 4.69) is 31.2 Å². The van der Waals surface area contributed by atoms with Gasteiger partial charge in [0.1, 0.15) is 12.4 Å². The second kappa shape index (κ2) is 7.81. The first kappa shape index (κ1) is 18.2. The maximum Gasteiger partial charge on any atom is 0.274 e. The fourth-order valence-electron chi connectivity index (χ4n) is 2.84. The van der Waals surface area contributed by atoms with Gasteiger partial charge < -0.3 is 4.90 Å². The van der Waals surface area contributed by atoms with E-state index < -0.39 is 0 Å². The Morgan fingerprint density at radius 3 is 2.61 bits per heavy atom. The molecule has 8 nitrogen and oxygen atoms in total. The summed E-state index contributed by atoms with van der Waals surface area (Å²) >= 11 is 3.36. The highest BCUT2D eigenvalue weighted by Gasteiger charge is 2.15. The summed E-state index contributed by atoms with van der Waals surface area (Å²) in [7, 11) is 1.77. The van der Waals surface area contributed by atoms with Crippen molar-refractivity contribution < 1.29 is 4.79 Å². The van der Waals surface area contributed by atoms with Gasteiger partial charge >= 0.3 is 0 Å². The van der Waals surface area contributed by atoms with Crippen molar-refractivity contribution in [2.45, 2.75) is 13.2 Å². The Kier molecular flexibility index (Phi) is 5.07. The molecule has 28 heavy (non-hydrogen) atoms. The fraction of sp³-hybridized carbons (Fsp3) is 0.158. The van der Waals surface area contributed by atoms with Gasteiger partial charge in [0.05, 0.1) is 16.4 Å². The lowest BCUT2D eigenvalue weighted by molar-refractivity contribution is 0.0778. The summed E-state index contributed by atoms with van der Waals surface area (Å²) in [5, 5.41) is 12.8. The molecule has 0 saturated carbocycles. The van der Waals surface area contributed by atoms with Crippen LogP contribution in [0, 0.1) is 0 Å². The van der Waals surface area contributed by atoms with Crippen molar-refractivity contribution in [3.05, 3.63) is 83.1 Å². The van der Waals surface area contributed by atoms with Crippen LogP contribution in [0.3, 0.4) is 0 Å². The fourth-order valence-corrected chi connectivity index (χ4v) is 3.16. The number of nitrogens with zero attached hydrogens (tertiary/aromatic N) is 7. The molecule has 142 valence electrons. The monoisotopic (exact) mass is 439 g/mol. The Labute approximate surface area is 170 Å². The predicted molar refractivity (Wildman–Crippen MR) is 107 cm³/mol. The molecule has 9 heteroatoms. The predicted octanol–water partition coefficient (Wildman–Crippen LogP) is 2.81. The molecule has 0 fully saturated rings. The van der Waals surface area contributed by atoms with E-state index in [0.29, 0.717) is 18.9 Å². The van der Waals surface area contributed by atoms with Crippen LogP contribution in [-0.4, -0.2) is 47.2 Å². The number of hydrogen-bond acceptors (Lipinski definition) is 4. The first-order valence-corrected chi connectivity index (χ1v) is 9.43. The molecule has 0 saturated heterocycles. The van der Waals surface area contributed by atoms with Crippen LogP contribution in [0.5, 0.6) is 0 Å². The minimum absolute atomic E-state index is 0.128. The molecular weight excluding hydrogens is 422 g/mol. The second-order valence-electron chi connectivity index (χ2n) is 6.36. The van der Waals surface area contributed by atoms with E-state index in [1.807, 2.05) is 42.7 Å². The van der Waals surface area contributed by atoms with Crippen LogP contribution in [0.4, 0.5) is 0 Å². The van der Waals surface area contributed by atoms with Crippen molar-refractivity contribution in [3.8, 4) is 5.69 Å². The standard InChI is InChI=1S/C19H18BrN7O/c1-24(12-15-3-5-17(6-4-15)27-9-2-8-21-27)19(28)18-7-10-25(23-18)14-26-13-16(20)11-22-26/h2-11,13H,12,14H2,1H3. The lowest BCUT2D eigenvalue weighted by Crippen LogP contribution is -2.26. The first-order chi connectivity index (χ1) is 13.6. The van der Waals surface area contributed by atoms with Crippen LogP contribution in [0.2, 0.25) is 0 Å². The maximum absolute atomic E-state index is 12.7. The van der Waals surface area contributed by atoms with E-state index in [1.54, 1.807) is 50.6 Å². The number of aromatic nitrogens is 6. The zero-order valence-electron chi connectivity index (χ0n) is 15.2. The molecule has 3 heterocycles. The quantitative estimate of drug-likeness (QED) is 0.462. The molecule has 1 amide bonds. The minimum atomic E-state index is -0.128. The minimum Gasteiger partial charge on any atom is -0.336 e. The van der Waals surface area contributed by atoms with Crippen LogP contribution >= 0.6 is 15.9 Å². The number of amides is 1. The van der Waals surface area contributed by atoms with Crippen molar-refractivity contribution in [2.75, 3.05) is 7.05 Å². The van der Waals surface area contributed by atoms with Crippen molar-refractivity contribution >= 4 is 21.8 Å². The number of carbonyl (C=O) groups excluding carboxylic acids is 1. The van der Waals surface area contributed by atoms with E-state index >= 15 is 0 Å². The molecule has 4 rings (SSSR count). The molecule has 0 bridgehead atoms. The third-order valence-corrected chi connectivity index (χ3v) is 4.63. The SMILES string of the molecule is CN(Cc1ccc(-n2cccn2)cc1)C(=O)c1ccn(Cn2cc(Br)cn2)n1. The lowest BCUT2D eigenvalue weighted by atomic mass is 10.2. The number of carbonyl (C=O) groups is 1. The highest BCUT2D eigenvalue weighted by atomic mass is 79.9. The van der Waals surface area contributed by atoms with Gasteiger partial charge in [-0.15, -0.1) is 0 Å². The van der Waals surface area contributed by atoms with Gasteiger partial charge in [0, 0.05) is 38.4 Å². The zero-order valence-corrected chi connectivity index (χ0v) is 16.8. The number of hydrogen-bond donors (Lipinski definition) is 0. The second-order valence-corrected chi connectivity index (χ2v) is 7.27. The molecule has 0 radical (unpaired) electrons. The average Bonchev–Trinajstić information content (AvgIpc) is 3.44. The average molecular weight is 440 g/mol. The molecule has 0 aliphatic rings. The molecule has 0 aliphatic heterocycles. The Hall–Kier alpha value is -3.20. The third kappa shape index (κ3) is 4.04. The van der Waals surface area contributed by atoms with Gasteiger partial charge in [-0.3, -0.25) is 9.48 Å². The summed E-state index contributed by atoms with van der Waals surface area (Å²) in [4.78, 5) is 14.3. The molecule has 0 atom stereocenters. The van der Waals surface area contributed by atoms with Crippen LogP contribution in [0.25, 0.3) is 5.69 Å². The number of benzene rings is 1. The Morgan fingerprint density at radius 1 is 1.11 bits per heavy atom. The topological polar surface area (TPSA) is 73.8 Å². The summed E-state index contributed by atoms with van der Waals surface area (Å²) in [6, 6.07) is 11.6. The van der Waals surface area contributed by atoms with Gasteiger partial charge in [-0.25, -0.2) is 9.36 Å². The highest BCUT2D eigenvalue weighted by Crippen LogP contribution is 2.12. The normalized spacial score (nSPS) is 10.9. The molecular formula is C19H18BrN7O. The molecule has 0 N–H and O–H groups in total. The molecule has 4 aromatic rings. The van der Waals surface area contributed by atoms with Gasteiger partial charge in [-0.1, -0.05) is 12.1 Å². The van der Waals surface area contributed by atoms with Crippen LogP contribution in [-0.2, 0) is 13.2 Å². The number of halogens is 1. The highest BCUT2D eigenvalue weighted by molar-refractivity contribution is 9.10. The molecule has 0 spiro atoms. The van der Waals surface area contributed by atoms with Crippen molar-refractivity contribution in [2.24, 2.45) is 0 Å². The van der Waals surface area contributed by atoms with E-state index in [-0.39, 0.29) is 5.91 Å². The summed E-state index contributed by atoms with van der Waals surface area (Å²) in [6.07, 6.45) is 8.96. The van der Waals surface area contributed by atoms with Gasteiger partial charge in [0.15, 0.2) is 0 Å². The molecule has 0 unspecified atom stereocenters. The van der Waals surface area contributed by atoms with Gasteiger partial charge in [-0.2, -0.15) is 15.3 Å². The maximum atomic E-state index is 12.7. The number of rotatable bonds is 6. The summed E-state index contributed by atoms with van der Waals surface area (Å²) in [5.74, 6) is -0.128. The van der Waals surface area contributed by atoms with E-state index in [1.165, 1.54) is 0 Å². The summed E-state index contributed by atoms with van der Waals surface area (Å²) < 4.78 is 6.10. The Bertz CT molecular complexity index is 1070.